The SMILES string of the molecule is O=C1NCCCCCN(C(=O)CCc2c[nH]c3ccccc23)[C@H]2CCCC[C@@H]12. The number of hydrogen-bond acceptors (Lipinski definition) is 2. The van der Waals surface area contributed by atoms with Gasteiger partial charge in [-0.3, -0.25) is 9.59 Å². The molecule has 4 rings (SSSR count). The largest absolute Gasteiger partial charge is 0.361 e. The zero-order valence-electron chi connectivity index (χ0n) is 16.6. The number of hydrogen-bond donors (Lipinski definition) is 2. The van der Waals surface area contributed by atoms with Crippen LogP contribution >= 0.6 is 0 Å². The van der Waals surface area contributed by atoms with E-state index < -0.39 is 0 Å². The van der Waals surface area contributed by atoms with Crippen molar-refractivity contribution < 1.29 is 9.59 Å². The number of benzene rings is 1. The van der Waals surface area contributed by atoms with E-state index >= 15 is 0 Å². The molecule has 0 spiro atoms. The summed E-state index contributed by atoms with van der Waals surface area (Å²) in [7, 11) is 0. The monoisotopic (exact) mass is 381 g/mol. The van der Waals surface area contributed by atoms with Crippen molar-refractivity contribution in [3.8, 4) is 0 Å². The van der Waals surface area contributed by atoms with E-state index in [0.29, 0.717) is 6.42 Å². The summed E-state index contributed by atoms with van der Waals surface area (Å²) in [6.45, 7) is 1.57. The summed E-state index contributed by atoms with van der Waals surface area (Å²) in [4.78, 5) is 31.3. The van der Waals surface area contributed by atoms with Crippen LogP contribution in [0.15, 0.2) is 30.5 Å². The molecule has 150 valence electrons. The number of para-hydroxylation sites is 1. The molecule has 1 aliphatic heterocycles. The minimum Gasteiger partial charge on any atom is -0.361 e. The van der Waals surface area contributed by atoms with E-state index in [2.05, 4.69) is 27.3 Å². The maximum atomic E-state index is 13.2. The lowest BCUT2D eigenvalue weighted by Gasteiger charge is -2.40. The van der Waals surface area contributed by atoms with Crippen LogP contribution in [0.5, 0.6) is 0 Å². The molecule has 1 saturated carbocycles. The average molecular weight is 382 g/mol. The number of nitrogens with zero attached hydrogens (tertiary/aromatic N) is 1. The lowest BCUT2D eigenvalue weighted by atomic mass is 9.82. The van der Waals surface area contributed by atoms with E-state index in [-0.39, 0.29) is 23.8 Å². The predicted octanol–water partition coefficient (Wildman–Crippen LogP) is 3.79. The van der Waals surface area contributed by atoms with Crippen LogP contribution < -0.4 is 5.32 Å². The zero-order valence-corrected chi connectivity index (χ0v) is 16.6. The number of aromatic amines is 1. The Labute approximate surface area is 166 Å². The van der Waals surface area contributed by atoms with Gasteiger partial charge in [-0.1, -0.05) is 31.0 Å². The molecule has 0 radical (unpaired) electrons. The van der Waals surface area contributed by atoms with Crippen molar-refractivity contribution >= 4 is 22.7 Å². The minimum absolute atomic E-state index is 0.0381. The topological polar surface area (TPSA) is 65.2 Å². The third-order valence-corrected chi connectivity index (χ3v) is 6.45. The molecule has 1 saturated heterocycles. The number of rotatable bonds is 3. The van der Waals surface area contributed by atoms with Crippen LogP contribution in [0.4, 0.5) is 0 Å². The van der Waals surface area contributed by atoms with Gasteiger partial charge < -0.3 is 15.2 Å². The number of fused-ring (bicyclic) bond motifs is 2. The third-order valence-electron chi connectivity index (χ3n) is 6.45. The first kappa shape index (κ1) is 19.0. The standard InChI is InChI=1S/C23H31N3O2/c27-22(13-12-17-16-25-20-10-4-2-8-18(17)20)26-15-7-1-6-14-24-23(28)19-9-3-5-11-21(19)26/h2,4,8,10,16,19,21,25H,1,3,5-7,9,11-15H2,(H,24,28)/t19-,21+/m1/s1. The minimum atomic E-state index is -0.0381. The second kappa shape index (κ2) is 8.80. The molecule has 1 aromatic carbocycles. The quantitative estimate of drug-likeness (QED) is 0.850. The van der Waals surface area contributed by atoms with Crippen molar-refractivity contribution in [2.24, 2.45) is 5.92 Å². The van der Waals surface area contributed by atoms with Crippen LogP contribution in [0.1, 0.15) is 56.9 Å². The highest BCUT2D eigenvalue weighted by atomic mass is 16.2. The van der Waals surface area contributed by atoms with Gasteiger partial charge in [0.15, 0.2) is 0 Å². The van der Waals surface area contributed by atoms with E-state index in [1.165, 1.54) is 10.9 Å². The second-order valence-corrected chi connectivity index (χ2v) is 8.26. The van der Waals surface area contributed by atoms with Gasteiger partial charge in [-0.25, -0.2) is 0 Å². The Morgan fingerprint density at radius 3 is 2.86 bits per heavy atom. The zero-order chi connectivity index (χ0) is 19.3. The lowest BCUT2D eigenvalue weighted by Crippen LogP contribution is -2.51. The summed E-state index contributed by atoms with van der Waals surface area (Å²) in [5.74, 6) is 0.320. The van der Waals surface area contributed by atoms with Crippen molar-refractivity contribution in [1.29, 1.82) is 0 Å². The molecule has 2 amide bonds. The molecule has 2 aliphatic rings. The summed E-state index contributed by atoms with van der Waals surface area (Å²) < 4.78 is 0. The number of H-pyrrole nitrogens is 1. The molecular formula is C23H31N3O2. The van der Waals surface area contributed by atoms with E-state index in [9.17, 15) is 9.59 Å². The predicted molar refractivity (Wildman–Crippen MR) is 111 cm³/mol. The van der Waals surface area contributed by atoms with Gasteiger partial charge in [-0.2, -0.15) is 0 Å². The Hall–Kier alpha value is -2.30. The van der Waals surface area contributed by atoms with Gasteiger partial charge in [0.05, 0.1) is 5.92 Å². The highest BCUT2D eigenvalue weighted by molar-refractivity contribution is 5.85. The molecule has 2 fully saturated rings. The summed E-state index contributed by atoms with van der Waals surface area (Å²) >= 11 is 0. The maximum absolute atomic E-state index is 13.2. The molecule has 2 aromatic rings. The van der Waals surface area contributed by atoms with Gasteiger partial charge in [0, 0.05) is 42.7 Å². The number of carbonyl (C=O) groups is 2. The number of carbonyl (C=O) groups excluding carboxylic acids is 2. The van der Waals surface area contributed by atoms with E-state index in [1.54, 1.807) is 0 Å². The smallest absolute Gasteiger partial charge is 0.225 e. The molecule has 2 N–H and O–H groups in total. The maximum Gasteiger partial charge on any atom is 0.225 e. The fourth-order valence-corrected chi connectivity index (χ4v) is 4.92. The Balaban J connectivity index is 1.48. The van der Waals surface area contributed by atoms with Crippen LogP contribution in [-0.4, -0.2) is 40.8 Å². The number of nitrogens with one attached hydrogen (secondary N) is 2. The average Bonchev–Trinajstić information content (AvgIpc) is 3.14. The first-order valence-electron chi connectivity index (χ1n) is 10.9. The molecule has 1 aliphatic carbocycles. The van der Waals surface area contributed by atoms with Crippen molar-refractivity contribution in [3.05, 3.63) is 36.0 Å². The molecular weight excluding hydrogens is 350 g/mol. The van der Waals surface area contributed by atoms with Crippen molar-refractivity contribution in [2.75, 3.05) is 13.1 Å². The highest BCUT2D eigenvalue weighted by Gasteiger charge is 2.36. The summed E-state index contributed by atoms with van der Waals surface area (Å²) in [6, 6.07) is 8.31. The summed E-state index contributed by atoms with van der Waals surface area (Å²) in [6.07, 6.45) is 10.4. The normalized spacial score (nSPS) is 23.9. The first-order valence-corrected chi connectivity index (χ1v) is 10.9. The van der Waals surface area contributed by atoms with Gasteiger partial charge in [0.25, 0.3) is 0 Å². The number of aromatic nitrogens is 1. The molecule has 0 unspecified atom stereocenters. The Morgan fingerprint density at radius 1 is 1.07 bits per heavy atom. The first-order chi connectivity index (χ1) is 13.7. The van der Waals surface area contributed by atoms with E-state index in [0.717, 1.165) is 70.0 Å². The van der Waals surface area contributed by atoms with Crippen LogP contribution in [0.3, 0.4) is 0 Å². The van der Waals surface area contributed by atoms with Crippen LogP contribution in [-0.2, 0) is 16.0 Å². The fourth-order valence-electron chi connectivity index (χ4n) is 4.92. The lowest BCUT2D eigenvalue weighted by molar-refractivity contribution is -0.139. The molecule has 5 heteroatoms. The molecule has 2 heterocycles. The molecule has 0 bridgehead atoms. The van der Waals surface area contributed by atoms with E-state index in [1.807, 2.05) is 18.3 Å². The third kappa shape index (κ3) is 4.08. The van der Waals surface area contributed by atoms with Gasteiger partial charge in [0.2, 0.25) is 11.8 Å². The molecule has 5 nitrogen and oxygen atoms in total. The van der Waals surface area contributed by atoms with Crippen molar-refractivity contribution in [3.63, 3.8) is 0 Å². The van der Waals surface area contributed by atoms with Gasteiger partial charge >= 0.3 is 0 Å². The van der Waals surface area contributed by atoms with Gasteiger partial charge in [0.1, 0.15) is 0 Å². The Kier molecular flexibility index (Phi) is 5.98. The highest BCUT2D eigenvalue weighted by Crippen LogP contribution is 2.30. The van der Waals surface area contributed by atoms with Crippen molar-refractivity contribution in [1.82, 2.24) is 15.2 Å². The molecule has 28 heavy (non-hydrogen) atoms. The van der Waals surface area contributed by atoms with E-state index in [4.69, 9.17) is 0 Å². The summed E-state index contributed by atoms with van der Waals surface area (Å²) in [5.41, 5.74) is 2.32. The molecule has 2 atom stereocenters. The van der Waals surface area contributed by atoms with Crippen LogP contribution in [0, 0.1) is 5.92 Å². The number of aryl methyl sites for hydroxylation is 1. The second-order valence-electron chi connectivity index (χ2n) is 8.26. The number of amides is 2. The van der Waals surface area contributed by atoms with Crippen LogP contribution in [0.25, 0.3) is 10.9 Å². The fraction of sp³-hybridized carbons (Fsp3) is 0.565. The van der Waals surface area contributed by atoms with Gasteiger partial charge in [-0.05, 0) is 50.2 Å². The van der Waals surface area contributed by atoms with Crippen molar-refractivity contribution in [2.45, 2.75) is 63.8 Å². The Bertz CT molecular complexity index is 828. The van der Waals surface area contributed by atoms with Gasteiger partial charge in [-0.15, -0.1) is 0 Å². The van der Waals surface area contributed by atoms with Crippen LogP contribution in [0.2, 0.25) is 0 Å². The summed E-state index contributed by atoms with van der Waals surface area (Å²) in [5, 5.41) is 4.30. The Morgan fingerprint density at radius 2 is 1.93 bits per heavy atom. The molecule has 1 aromatic heterocycles.